The number of hydrogen-bond donors (Lipinski definition) is 1. The number of carbonyl (C=O) groups is 3. The van der Waals surface area contributed by atoms with Crippen molar-refractivity contribution >= 4 is 29.6 Å². The first-order valence-corrected chi connectivity index (χ1v) is 12.4. The molecule has 1 aliphatic rings. The first-order chi connectivity index (χ1) is 17.0. The van der Waals surface area contributed by atoms with Crippen molar-refractivity contribution in [3.8, 4) is 11.5 Å². The summed E-state index contributed by atoms with van der Waals surface area (Å²) in [5, 5.41) is 11.0. The Morgan fingerprint density at radius 3 is 2.61 bits per heavy atom. The van der Waals surface area contributed by atoms with Crippen molar-refractivity contribution in [1.29, 1.82) is 0 Å². The molecule has 3 atom stereocenters. The molecule has 3 rings (SSSR count). The van der Waals surface area contributed by atoms with Crippen LogP contribution in [0.25, 0.3) is 0 Å². The van der Waals surface area contributed by atoms with E-state index >= 15 is 0 Å². The fourth-order valence-corrected chi connectivity index (χ4v) is 4.81. The number of aldehydes is 1. The van der Waals surface area contributed by atoms with Gasteiger partial charge in [0.2, 0.25) is 0 Å². The molecule has 1 aromatic heterocycles. The number of esters is 1. The number of aromatic nitrogens is 1. The van der Waals surface area contributed by atoms with E-state index in [0.29, 0.717) is 24.2 Å². The van der Waals surface area contributed by atoms with Crippen LogP contribution in [0.1, 0.15) is 72.4 Å². The lowest BCUT2D eigenvalue weighted by atomic mass is 9.61. The number of benzene rings is 1. The molecule has 1 saturated carbocycles. The Morgan fingerprint density at radius 1 is 1.31 bits per heavy atom. The molecule has 1 heterocycles. The lowest BCUT2D eigenvalue weighted by molar-refractivity contribution is -0.129. The summed E-state index contributed by atoms with van der Waals surface area (Å²) >= 11 is 6.50. The molecule has 0 unspecified atom stereocenters. The molecule has 1 aromatic carbocycles. The molecule has 0 saturated heterocycles. The van der Waals surface area contributed by atoms with Crippen LogP contribution >= 0.6 is 11.6 Å². The lowest BCUT2D eigenvalue weighted by Crippen LogP contribution is -2.40. The van der Waals surface area contributed by atoms with Crippen LogP contribution in [0.2, 0.25) is 5.02 Å². The molecule has 36 heavy (non-hydrogen) atoms. The van der Waals surface area contributed by atoms with Crippen molar-refractivity contribution in [1.82, 2.24) is 4.98 Å². The number of aromatic hydroxyl groups is 1. The zero-order valence-corrected chi connectivity index (χ0v) is 22.1. The lowest BCUT2D eigenvalue weighted by Gasteiger charge is -2.42. The molecule has 0 aliphatic heterocycles. The number of hydrogen-bond acceptors (Lipinski definition) is 6. The van der Waals surface area contributed by atoms with Crippen molar-refractivity contribution in [2.45, 2.75) is 53.9 Å². The average molecular weight is 510 g/mol. The van der Waals surface area contributed by atoms with Crippen LogP contribution in [-0.2, 0) is 11.2 Å². The first-order valence-electron chi connectivity index (χ1n) is 12.0. The third kappa shape index (κ3) is 5.44. The summed E-state index contributed by atoms with van der Waals surface area (Å²) < 4.78 is 5.61. The molecule has 2 aromatic rings. The number of pyridine rings is 1. The van der Waals surface area contributed by atoms with Gasteiger partial charge in [-0.25, -0.2) is 4.79 Å². The molecule has 1 fully saturated rings. The summed E-state index contributed by atoms with van der Waals surface area (Å²) in [5.74, 6) is -0.341. The molecule has 1 aliphatic carbocycles. The minimum atomic E-state index is -0.656. The Balaban J connectivity index is 1.95. The van der Waals surface area contributed by atoms with Gasteiger partial charge in [0.25, 0.3) is 0 Å². The van der Waals surface area contributed by atoms with E-state index in [1.807, 2.05) is 26.0 Å². The van der Waals surface area contributed by atoms with Gasteiger partial charge in [0, 0.05) is 30.3 Å². The zero-order valence-electron chi connectivity index (χ0n) is 21.3. The van der Waals surface area contributed by atoms with Gasteiger partial charge in [-0.15, -0.1) is 0 Å². The van der Waals surface area contributed by atoms with Crippen molar-refractivity contribution in [3.05, 3.63) is 75.6 Å². The monoisotopic (exact) mass is 509 g/mol. The second-order valence-corrected chi connectivity index (χ2v) is 10.1. The molecule has 0 spiro atoms. The predicted molar refractivity (Wildman–Crippen MR) is 140 cm³/mol. The molecule has 0 radical (unpaired) electrons. The van der Waals surface area contributed by atoms with Crippen molar-refractivity contribution < 1.29 is 24.2 Å². The number of phenols is 1. The van der Waals surface area contributed by atoms with E-state index in [9.17, 15) is 19.5 Å². The number of allylic oxidation sites excluding steroid dienone is 4. The van der Waals surface area contributed by atoms with Crippen LogP contribution in [-0.4, -0.2) is 28.1 Å². The second kappa shape index (κ2) is 11.2. The SMILES string of the molecule is CC(/C=C/[C@]1(C)[C@H](C)C(=O)CC[C@@H]1C)=C\Cc1c(O)c(C=O)c(C)c(Cl)c1OC(=O)c1ccncc1. The van der Waals surface area contributed by atoms with Gasteiger partial charge in [-0.2, -0.15) is 0 Å². The van der Waals surface area contributed by atoms with Crippen LogP contribution < -0.4 is 4.74 Å². The molecule has 6 nitrogen and oxygen atoms in total. The Morgan fingerprint density at radius 2 is 1.97 bits per heavy atom. The molecule has 1 N–H and O–H groups in total. The van der Waals surface area contributed by atoms with Crippen LogP contribution in [0.3, 0.4) is 0 Å². The first kappa shape index (κ1) is 27.3. The zero-order chi connectivity index (χ0) is 26.6. The van der Waals surface area contributed by atoms with Crippen molar-refractivity contribution in [3.63, 3.8) is 0 Å². The summed E-state index contributed by atoms with van der Waals surface area (Å²) in [6.45, 7) is 9.76. The van der Waals surface area contributed by atoms with E-state index in [4.69, 9.17) is 16.3 Å². The predicted octanol–water partition coefficient (Wildman–Crippen LogP) is 6.47. The van der Waals surface area contributed by atoms with Crippen LogP contribution in [0.5, 0.6) is 11.5 Å². The Hall–Kier alpha value is -3.25. The maximum absolute atomic E-state index is 12.7. The van der Waals surface area contributed by atoms with Gasteiger partial charge in [0.05, 0.1) is 16.1 Å². The van der Waals surface area contributed by atoms with E-state index in [0.717, 1.165) is 12.0 Å². The Labute approximate surface area is 217 Å². The molecule has 7 heteroatoms. The van der Waals surface area contributed by atoms with Crippen molar-refractivity contribution in [2.75, 3.05) is 0 Å². The highest BCUT2D eigenvalue weighted by molar-refractivity contribution is 6.33. The highest BCUT2D eigenvalue weighted by atomic mass is 35.5. The third-order valence-corrected chi connectivity index (χ3v) is 8.07. The number of phenolic OH excluding ortho intramolecular Hbond substituents is 1. The summed E-state index contributed by atoms with van der Waals surface area (Å²) in [6.07, 6.45) is 11.1. The highest BCUT2D eigenvalue weighted by Gasteiger charge is 2.41. The van der Waals surface area contributed by atoms with Gasteiger partial charge in [-0.3, -0.25) is 14.6 Å². The number of rotatable bonds is 7. The van der Waals surface area contributed by atoms with Crippen LogP contribution in [0, 0.1) is 24.2 Å². The molecule has 0 amide bonds. The topological polar surface area (TPSA) is 93.6 Å². The van der Waals surface area contributed by atoms with Crippen molar-refractivity contribution in [2.24, 2.45) is 17.3 Å². The summed E-state index contributed by atoms with van der Waals surface area (Å²) in [5.41, 5.74) is 1.53. The second-order valence-electron chi connectivity index (χ2n) is 9.73. The van der Waals surface area contributed by atoms with Gasteiger partial charge in [0.1, 0.15) is 11.5 Å². The third-order valence-electron chi connectivity index (χ3n) is 7.61. The number of ketones is 1. The average Bonchev–Trinajstić information content (AvgIpc) is 2.87. The molecule has 0 bridgehead atoms. The number of ether oxygens (including phenoxy) is 1. The van der Waals surface area contributed by atoms with Crippen LogP contribution in [0.4, 0.5) is 0 Å². The standard InChI is InChI=1S/C29H32ClNO5/c1-17(10-13-29(5)18(2)7-9-24(33)20(29)4)6-8-22-26(34)23(16-32)19(3)25(30)27(22)36-28(35)21-11-14-31-15-12-21/h6,10-16,18,20,34H,7-9H2,1-5H3/b13-10+,17-6+/t18-,20+,29-/m0/s1. The molecular weight excluding hydrogens is 478 g/mol. The van der Waals surface area contributed by atoms with Gasteiger partial charge in [0.15, 0.2) is 12.0 Å². The molecular formula is C29H32ClNO5. The minimum absolute atomic E-state index is 0.0131. The van der Waals surface area contributed by atoms with E-state index in [2.05, 4.69) is 24.9 Å². The fourth-order valence-electron chi connectivity index (χ4n) is 4.56. The van der Waals surface area contributed by atoms with Gasteiger partial charge in [-0.1, -0.05) is 56.2 Å². The minimum Gasteiger partial charge on any atom is -0.507 e. The summed E-state index contributed by atoms with van der Waals surface area (Å²) in [6, 6.07) is 3.02. The van der Waals surface area contributed by atoms with E-state index in [1.165, 1.54) is 24.5 Å². The summed E-state index contributed by atoms with van der Waals surface area (Å²) in [4.78, 5) is 40.6. The van der Waals surface area contributed by atoms with E-state index in [1.54, 1.807) is 6.92 Å². The van der Waals surface area contributed by atoms with E-state index < -0.39 is 5.97 Å². The Kier molecular flexibility index (Phi) is 8.51. The maximum atomic E-state index is 12.7. The van der Waals surface area contributed by atoms with E-state index in [-0.39, 0.29) is 56.7 Å². The smallest absolute Gasteiger partial charge is 0.343 e. The number of nitrogens with zero attached hydrogens (tertiary/aromatic N) is 1. The highest BCUT2D eigenvalue weighted by Crippen LogP contribution is 2.45. The fraction of sp³-hybridized carbons (Fsp3) is 0.379. The number of halogens is 1. The Bertz CT molecular complexity index is 1230. The van der Waals surface area contributed by atoms with Gasteiger partial charge >= 0.3 is 5.97 Å². The quantitative estimate of drug-likeness (QED) is 0.199. The molecule has 190 valence electrons. The largest absolute Gasteiger partial charge is 0.507 e. The van der Waals surface area contributed by atoms with Crippen LogP contribution in [0.15, 0.2) is 48.3 Å². The summed E-state index contributed by atoms with van der Waals surface area (Å²) in [7, 11) is 0. The normalized spacial score (nSPS) is 22.6. The number of carbonyl (C=O) groups excluding carboxylic acids is 3. The van der Waals surface area contributed by atoms with Gasteiger partial charge in [-0.05, 0) is 55.7 Å². The van der Waals surface area contributed by atoms with Gasteiger partial charge < -0.3 is 9.84 Å². The maximum Gasteiger partial charge on any atom is 0.343 e. The number of Topliss-reactive ketones (excluding diaryl/α,β-unsaturated/α-hetero) is 1.